The molecule has 1 nitrogen and oxygen atoms in total. The third-order valence-electron chi connectivity index (χ3n) is 4.70. The van der Waals surface area contributed by atoms with Gasteiger partial charge in [0.1, 0.15) is 5.78 Å². The molecule has 110 valence electrons. The molecule has 0 aromatic heterocycles. The molecule has 0 atom stereocenters. The van der Waals surface area contributed by atoms with E-state index in [1.807, 2.05) is 0 Å². The topological polar surface area (TPSA) is 17.1 Å². The number of carbonyl (C=O) groups is 1. The third-order valence-corrected chi connectivity index (χ3v) is 5.42. The SMILES string of the molecule is CC(C)(C)C1CCC(C(=O)Cc2ccc(I)cc2)CC1. The van der Waals surface area contributed by atoms with Crippen molar-refractivity contribution < 1.29 is 4.79 Å². The van der Waals surface area contributed by atoms with E-state index in [1.165, 1.54) is 16.4 Å². The Labute approximate surface area is 136 Å². The molecular weight excluding hydrogens is 359 g/mol. The summed E-state index contributed by atoms with van der Waals surface area (Å²) in [4.78, 5) is 12.4. The molecule has 1 aromatic carbocycles. The van der Waals surface area contributed by atoms with Crippen LogP contribution in [-0.2, 0) is 11.2 Å². The van der Waals surface area contributed by atoms with E-state index in [0.717, 1.165) is 24.3 Å². The van der Waals surface area contributed by atoms with Crippen LogP contribution in [0.5, 0.6) is 0 Å². The Morgan fingerprint density at radius 1 is 1.10 bits per heavy atom. The molecule has 1 aromatic rings. The largest absolute Gasteiger partial charge is 0.299 e. The zero-order valence-corrected chi connectivity index (χ0v) is 14.9. The molecule has 1 saturated carbocycles. The second kappa shape index (κ2) is 6.59. The van der Waals surface area contributed by atoms with E-state index in [0.29, 0.717) is 23.5 Å². The van der Waals surface area contributed by atoms with Gasteiger partial charge in [-0.05, 0) is 77.3 Å². The van der Waals surface area contributed by atoms with E-state index < -0.39 is 0 Å². The third kappa shape index (κ3) is 4.31. The van der Waals surface area contributed by atoms with Gasteiger partial charge in [0, 0.05) is 15.9 Å². The molecule has 1 aliphatic carbocycles. The minimum Gasteiger partial charge on any atom is -0.299 e. The van der Waals surface area contributed by atoms with Crippen molar-refractivity contribution in [1.82, 2.24) is 0 Å². The standard InChI is InChI=1S/C18H25IO/c1-18(2,3)15-8-6-14(7-9-15)17(20)12-13-4-10-16(19)11-5-13/h4-5,10-11,14-15H,6-9,12H2,1-3H3. The van der Waals surface area contributed by atoms with Crippen molar-refractivity contribution >= 4 is 28.4 Å². The number of hydrogen-bond acceptors (Lipinski definition) is 1. The molecule has 0 saturated heterocycles. The van der Waals surface area contributed by atoms with Gasteiger partial charge < -0.3 is 0 Å². The zero-order valence-electron chi connectivity index (χ0n) is 12.8. The van der Waals surface area contributed by atoms with E-state index in [4.69, 9.17) is 0 Å². The van der Waals surface area contributed by atoms with E-state index in [9.17, 15) is 4.79 Å². The minimum atomic E-state index is 0.299. The van der Waals surface area contributed by atoms with Gasteiger partial charge in [-0.15, -0.1) is 0 Å². The fraction of sp³-hybridized carbons (Fsp3) is 0.611. The summed E-state index contributed by atoms with van der Waals surface area (Å²) < 4.78 is 1.23. The monoisotopic (exact) mass is 384 g/mol. The van der Waals surface area contributed by atoms with Crippen LogP contribution >= 0.6 is 22.6 Å². The molecule has 0 heterocycles. The molecule has 2 rings (SSSR count). The summed E-state index contributed by atoms with van der Waals surface area (Å²) in [5, 5.41) is 0. The Hall–Kier alpha value is -0.380. The Morgan fingerprint density at radius 3 is 2.15 bits per heavy atom. The predicted molar refractivity (Wildman–Crippen MR) is 92.8 cm³/mol. The van der Waals surface area contributed by atoms with Crippen LogP contribution in [0.15, 0.2) is 24.3 Å². The van der Waals surface area contributed by atoms with Crippen molar-refractivity contribution in [3.8, 4) is 0 Å². The first-order valence-corrected chi connectivity index (χ1v) is 8.71. The highest BCUT2D eigenvalue weighted by Gasteiger charge is 2.32. The molecule has 1 fully saturated rings. The summed E-state index contributed by atoms with van der Waals surface area (Å²) in [6, 6.07) is 8.33. The van der Waals surface area contributed by atoms with Crippen molar-refractivity contribution in [2.45, 2.75) is 52.9 Å². The van der Waals surface area contributed by atoms with E-state index in [1.54, 1.807) is 0 Å². The van der Waals surface area contributed by atoms with E-state index in [-0.39, 0.29) is 0 Å². The number of carbonyl (C=O) groups excluding carboxylic acids is 1. The summed E-state index contributed by atoms with van der Waals surface area (Å²) in [5.74, 6) is 1.52. The van der Waals surface area contributed by atoms with Crippen LogP contribution in [0.3, 0.4) is 0 Å². The van der Waals surface area contributed by atoms with Gasteiger partial charge in [0.15, 0.2) is 0 Å². The lowest BCUT2D eigenvalue weighted by atomic mass is 9.69. The van der Waals surface area contributed by atoms with Crippen LogP contribution in [0.1, 0.15) is 52.0 Å². The van der Waals surface area contributed by atoms with Crippen molar-refractivity contribution in [1.29, 1.82) is 0 Å². The van der Waals surface area contributed by atoms with Crippen LogP contribution in [0.2, 0.25) is 0 Å². The second-order valence-electron chi connectivity index (χ2n) is 7.18. The minimum absolute atomic E-state index is 0.299. The van der Waals surface area contributed by atoms with E-state index in [2.05, 4.69) is 67.6 Å². The van der Waals surface area contributed by atoms with Crippen molar-refractivity contribution in [2.75, 3.05) is 0 Å². The molecule has 2 heteroatoms. The highest BCUT2D eigenvalue weighted by molar-refractivity contribution is 14.1. The average molecular weight is 384 g/mol. The molecule has 0 amide bonds. The van der Waals surface area contributed by atoms with Gasteiger partial charge in [-0.25, -0.2) is 0 Å². The van der Waals surface area contributed by atoms with Crippen molar-refractivity contribution in [2.24, 2.45) is 17.3 Å². The Morgan fingerprint density at radius 2 is 1.65 bits per heavy atom. The number of Topliss-reactive ketones (excluding diaryl/α,β-unsaturated/α-hetero) is 1. The number of benzene rings is 1. The molecule has 0 bridgehead atoms. The Bertz CT molecular complexity index is 447. The summed E-state index contributed by atoms with van der Waals surface area (Å²) in [6.45, 7) is 6.97. The molecule has 0 aliphatic heterocycles. The predicted octanol–water partition coefficient (Wildman–Crippen LogP) is 5.26. The lowest BCUT2D eigenvalue weighted by Crippen LogP contribution is -2.29. The zero-order chi connectivity index (χ0) is 14.8. The normalized spacial score (nSPS) is 23.6. The number of rotatable bonds is 3. The highest BCUT2D eigenvalue weighted by Crippen LogP contribution is 2.40. The molecule has 20 heavy (non-hydrogen) atoms. The van der Waals surface area contributed by atoms with Gasteiger partial charge in [-0.3, -0.25) is 4.79 Å². The quantitative estimate of drug-likeness (QED) is 0.650. The van der Waals surface area contributed by atoms with Gasteiger partial charge in [-0.2, -0.15) is 0 Å². The van der Waals surface area contributed by atoms with Gasteiger partial charge >= 0.3 is 0 Å². The van der Waals surface area contributed by atoms with Gasteiger partial charge in [0.25, 0.3) is 0 Å². The Kier molecular flexibility index (Phi) is 5.27. The van der Waals surface area contributed by atoms with Gasteiger partial charge in [-0.1, -0.05) is 32.9 Å². The molecular formula is C18H25IO. The summed E-state index contributed by atoms with van der Waals surface area (Å²) >= 11 is 2.30. The van der Waals surface area contributed by atoms with Gasteiger partial charge in [0.2, 0.25) is 0 Å². The van der Waals surface area contributed by atoms with Crippen LogP contribution in [0.25, 0.3) is 0 Å². The summed E-state index contributed by atoms with van der Waals surface area (Å²) in [6.07, 6.45) is 5.22. The number of halogens is 1. The van der Waals surface area contributed by atoms with Crippen molar-refractivity contribution in [3.63, 3.8) is 0 Å². The lowest BCUT2D eigenvalue weighted by Gasteiger charge is -2.36. The molecule has 0 radical (unpaired) electrons. The maximum absolute atomic E-state index is 12.4. The fourth-order valence-corrected chi connectivity index (χ4v) is 3.59. The second-order valence-corrected chi connectivity index (χ2v) is 8.43. The average Bonchev–Trinajstić information content (AvgIpc) is 2.40. The maximum Gasteiger partial charge on any atom is 0.140 e. The number of hydrogen-bond donors (Lipinski definition) is 0. The smallest absolute Gasteiger partial charge is 0.140 e. The van der Waals surface area contributed by atoms with Crippen LogP contribution in [-0.4, -0.2) is 5.78 Å². The van der Waals surface area contributed by atoms with Crippen LogP contribution < -0.4 is 0 Å². The molecule has 0 spiro atoms. The van der Waals surface area contributed by atoms with Gasteiger partial charge in [0.05, 0.1) is 0 Å². The van der Waals surface area contributed by atoms with Crippen molar-refractivity contribution in [3.05, 3.63) is 33.4 Å². The highest BCUT2D eigenvalue weighted by atomic mass is 127. The van der Waals surface area contributed by atoms with Crippen LogP contribution in [0, 0.1) is 20.8 Å². The first-order chi connectivity index (χ1) is 9.36. The first-order valence-electron chi connectivity index (χ1n) is 7.63. The molecule has 0 unspecified atom stereocenters. The summed E-state index contributed by atoms with van der Waals surface area (Å²) in [7, 11) is 0. The fourth-order valence-electron chi connectivity index (χ4n) is 3.23. The Balaban J connectivity index is 1.87. The summed E-state index contributed by atoms with van der Waals surface area (Å²) in [5.41, 5.74) is 1.55. The van der Waals surface area contributed by atoms with E-state index >= 15 is 0 Å². The molecule has 0 N–H and O–H groups in total. The van der Waals surface area contributed by atoms with Crippen LogP contribution in [0.4, 0.5) is 0 Å². The maximum atomic E-state index is 12.4. The number of ketones is 1. The molecule has 1 aliphatic rings. The lowest BCUT2D eigenvalue weighted by molar-refractivity contribution is -0.123. The first kappa shape index (κ1) is 16.0.